The fraction of sp³-hybridized carbons (Fsp3) is 0.483. The Bertz CT molecular complexity index is 1450. The molecule has 0 radical (unpaired) electrons. The van der Waals surface area contributed by atoms with Crippen molar-refractivity contribution in [2.75, 3.05) is 5.32 Å². The van der Waals surface area contributed by atoms with Gasteiger partial charge >= 0.3 is 5.97 Å². The van der Waals surface area contributed by atoms with Gasteiger partial charge in [-0.2, -0.15) is 0 Å². The Balaban J connectivity index is 1.72. The summed E-state index contributed by atoms with van der Waals surface area (Å²) in [4.78, 5) is 65.0. The van der Waals surface area contributed by atoms with Gasteiger partial charge in [-0.3, -0.25) is 24.0 Å². The van der Waals surface area contributed by atoms with Crippen molar-refractivity contribution in [2.24, 2.45) is 23.5 Å². The van der Waals surface area contributed by atoms with E-state index < -0.39 is 87.7 Å². The monoisotopic (exact) mass is 568 g/mol. The number of carbonyl (C=O) groups is 5. The zero-order chi connectivity index (χ0) is 30.0. The maximum Gasteiger partial charge on any atom is 0.305 e. The van der Waals surface area contributed by atoms with Crippen LogP contribution in [0.3, 0.4) is 0 Å². The third-order valence-corrected chi connectivity index (χ3v) is 8.99. The molecule has 4 aliphatic carbocycles. The van der Waals surface area contributed by atoms with Crippen molar-refractivity contribution in [3.05, 3.63) is 45.9 Å². The fourth-order valence-electron chi connectivity index (χ4n) is 6.97. The number of nitrogens with two attached hydrogens (primary N) is 1. The van der Waals surface area contributed by atoms with Crippen molar-refractivity contribution in [3.8, 4) is 5.75 Å². The number of aliphatic hydroxyl groups is 3. The molecule has 7 N–H and O–H groups in total. The number of hydrogen-bond acceptors (Lipinski definition) is 10. The molecular formula is C29H32N2O10. The Morgan fingerprint density at radius 2 is 1.78 bits per heavy atom. The number of phenols is 1. The highest BCUT2D eigenvalue weighted by Crippen LogP contribution is 2.57. The molecule has 0 spiro atoms. The number of hydrogen-bond donors (Lipinski definition) is 6. The SMILES string of the molecule is CCC(=O)O[C@H]1[C@H]2C(=C(O)[C@]3(O)C(=O)C(C(N)=O)=C(O)C[C@H]13)C(=O)c1c(O)ccc(NC(=O)C3CCCC3)c1[C@@H]2C. The number of benzene rings is 1. The molecule has 12 nitrogen and oxygen atoms in total. The van der Waals surface area contributed by atoms with Gasteiger partial charge in [-0.1, -0.05) is 26.7 Å². The molecule has 1 aromatic carbocycles. The van der Waals surface area contributed by atoms with Crippen LogP contribution < -0.4 is 11.1 Å². The maximum absolute atomic E-state index is 14.0. The van der Waals surface area contributed by atoms with E-state index in [1.165, 1.54) is 19.1 Å². The van der Waals surface area contributed by atoms with E-state index in [1.54, 1.807) is 6.92 Å². The molecule has 0 aromatic heterocycles. The summed E-state index contributed by atoms with van der Waals surface area (Å²) in [7, 11) is 0. The van der Waals surface area contributed by atoms with Crippen molar-refractivity contribution in [1.82, 2.24) is 0 Å². The number of aliphatic hydroxyl groups excluding tert-OH is 2. The van der Waals surface area contributed by atoms with Crippen molar-refractivity contribution in [3.63, 3.8) is 0 Å². The van der Waals surface area contributed by atoms with Crippen molar-refractivity contribution in [1.29, 1.82) is 0 Å². The highest BCUT2D eigenvalue weighted by atomic mass is 16.5. The third kappa shape index (κ3) is 4.11. The van der Waals surface area contributed by atoms with E-state index in [2.05, 4.69) is 5.32 Å². The van der Waals surface area contributed by atoms with Crippen LogP contribution in [-0.2, 0) is 23.9 Å². The van der Waals surface area contributed by atoms with Crippen LogP contribution in [0.25, 0.3) is 0 Å². The van der Waals surface area contributed by atoms with Crippen LogP contribution in [0, 0.1) is 17.8 Å². The summed E-state index contributed by atoms with van der Waals surface area (Å²) in [6.45, 7) is 3.15. The Hall–Kier alpha value is -4.19. The second kappa shape index (κ2) is 10.0. The minimum absolute atomic E-state index is 0.107. The number of primary amides is 1. The van der Waals surface area contributed by atoms with Gasteiger partial charge in [0.15, 0.2) is 11.4 Å². The second-order valence-corrected chi connectivity index (χ2v) is 11.2. The van der Waals surface area contributed by atoms with Gasteiger partial charge in [-0.25, -0.2) is 0 Å². The Morgan fingerprint density at radius 1 is 1.12 bits per heavy atom. The molecular weight excluding hydrogens is 536 g/mol. The van der Waals surface area contributed by atoms with E-state index in [-0.39, 0.29) is 35.1 Å². The number of amides is 2. The molecule has 1 aromatic rings. The molecule has 1 fully saturated rings. The number of carbonyl (C=O) groups excluding carboxylic acids is 5. The lowest BCUT2D eigenvalue weighted by Gasteiger charge is -2.51. The number of ketones is 2. The summed E-state index contributed by atoms with van der Waals surface area (Å²) in [6.07, 6.45) is 1.16. The van der Waals surface area contributed by atoms with Crippen LogP contribution in [0.15, 0.2) is 34.8 Å². The zero-order valence-electron chi connectivity index (χ0n) is 22.6. The van der Waals surface area contributed by atoms with E-state index >= 15 is 0 Å². The van der Waals surface area contributed by atoms with Crippen molar-refractivity contribution in [2.45, 2.75) is 70.0 Å². The van der Waals surface area contributed by atoms with Crippen LogP contribution >= 0.6 is 0 Å². The number of aromatic hydroxyl groups is 1. The first-order valence-corrected chi connectivity index (χ1v) is 13.7. The Morgan fingerprint density at radius 3 is 2.39 bits per heavy atom. The molecule has 0 saturated heterocycles. The molecule has 12 heteroatoms. The first kappa shape index (κ1) is 28.3. The minimum Gasteiger partial charge on any atom is -0.511 e. The van der Waals surface area contributed by atoms with Crippen LogP contribution in [-0.4, -0.2) is 61.5 Å². The van der Waals surface area contributed by atoms with Crippen molar-refractivity contribution >= 4 is 35.0 Å². The lowest BCUT2D eigenvalue weighted by atomic mass is 9.56. The number of esters is 1. The fourth-order valence-corrected chi connectivity index (χ4v) is 6.97. The number of allylic oxidation sites excluding steroid dienone is 1. The quantitative estimate of drug-likeness (QED) is 0.173. The van der Waals surface area contributed by atoms with Gasteiger partial charge in [0.1, 0.15) is 28.9 Å². The molecule has 218 valence electrons. The molecule has 5 rings (SSSR count). The number of nitrogens with one attached hydrogen (secondary N) is 1. The Labute approximate surface area is 234 Å². The highest BCUT2D eigenvalue weighted by Gasteiger charge is 2.65. The summed E-state index contributed by atoms with van der Waals surface area (Å²) >= 11 is 0. The normalized spacial score (nSPS) is 29.5. The third-order valence-electron chi connectivity index (χ3n) is 8.99. The molecule has 0 aliphatic heterocycles. The number of Topliss-reactive ketones (excluding diaryl/α,β-unsaturated/α-hetero) is 2. The lowest BCUT2D eigenvalue weighted by Crippen LogP contribution is -2.63. The first-order valence-electron chi connectivity index (χ1n) is 13.7. The predicted molar refractivity (Wildman–Crippen MR) is 142 cm³/mol. The second-order valence-electron chi connectivity index (χ2n) is 11.2. The van der Waals surface area contributed by atoms with E-state index in [0.29, 0.717) is 0 Å². The zero-order valence-corrected chi connectivity index (χ0v) is 22.6. The topological polar surface area (TPSA) is 214 Å². The molecule has 41 heavy (non-hydrogen) atoms. The van der Waals surface area contributed by atoms with Crippen LogP contribution in [0.5, 0.6) is 5.75 Å². The van der Waals surface area contributed by atoms with Gasteiger partial charge < -0.3 is 36.2 Å². The average molecular weight is 569 g/mol. The Kier molecular flexibility index (Phi) is 6.93. The largest absolute Gasteiger partial charge is 0.511 e. The van der Waals surface area contributed by atoms with Crippen LogP contribution in [0.2, 0.25) is 0 Å². The van der Waals surface area contributed by atoms with Crippen molar-refractivity contribution < 1.29 is 49.1 Å². The minimum atomic E-state index is -2.93. The standard InChI is InChI=1S/C29H32N2O10/c1-3-17(34)41-24-13-10-16(33)21(27(30)38)25(36)29(13,40)26(37)22-19(24)11(2)18-14(8-9-15(32)20(18)23(22)35)31-28(39)12-6-4-5-7-12/h8-9,11-13,19,24,32-33,37,40H,3-7,10H2,1-2H3,(H2,30,38)(H,31,39)/t11-,13+,19+,24+,29+/m0/s1. The summed E-state index contributed by atoms with van der Waals surface area (Å²) in [5, 5.41) is 47.4. The van der Waals surface area contributed by atoms with Crippen LogP contribution in [0.4, 0.5) is 5.69 Å². The highest BCUT2D eigenvalue weighted by molar-refractivity contribution is 6.24. The lowest BCUT2D eigenvalue weighted by molar-refractivity contribution is -0.174. The average Bonchev–Trinajstić information content (AvgIpc) is 3.46. The molecule has 2 amide bonds. The van der Waals surface area contributed by atoms with E-state index in [0.717, 1.165) is 25.7 Å². The number of anilines is 1. The van der Waals surface area contributed by atoms with Gasteiger partial charge in [-0.15, -0.1) is 0 Å². The summed E-state index contributed by atoms with van der Waals surface area (Å²) in [5.74, 6) is -10.7. The van der Waals surface area contributed by atoms with E-state index in [1.807, 2.05) is 0 Å². The van der Waals surface area contributed by atoms with Gasteiger partial charge in [0.05, 0.1) is 5.56 Å². The molecule has 0 heterocycles. The number of rotatable bonds is 5. The van der Waals surface area contributed by atoms with E-state index in [4.69, 9.17) is 10.5 Å². The smallest absolute Gasteiger partial charge is 0.305 e. The molecule has 0 bridgehead atoms. The molecule has 1 saturated carbocycles. The predicted octanol–water partition coefficient (Wildman–Crippen LogP) is 2.20. The van der Waals surface area contributed by atoms with Gasteiger partial charge in [-0.05, 0) is 36.5 Å². The van der Waals surface area contributed by atoms with Gasteiger partial charge in [0.2, 0.25) is 11.7 Å². The number of ether oxygens (including phenoxy) is 1. The molecule has 0 unspecified atom stereocenters. The van der Waals surface area contributed by atoms with Crippen LogP contribution in [0.1, 0.15) is 74.2 Å². The molecule has 4 aliphatic rings. The number of phenolic OH excluding ortho intramolecular Hbond substituents is 1. The number of fused-ring (bicyclic) bond motifs is 3. The molecule has 5 atom stereocenters. The summed E-state index contributed by atoms with van der Waals surface area (Å²) in [5.41, 5.74) is 1.17. The first-order chi connectivity index (χ1) is 19.3. The van der Waals surface area contributed by atoms with E-state index in [9.17, 15) is 44.4 Å². The maximum atomic E-state index is 14.0. The summed E-state index contributed by atoms with van der Waals surface area (Å²) < 4.78 is 5.70. The summed E-state index contributed by atoms with van der Waals surface area (Å²) in [6, 6.07) is 2.68. The van der Waals surface area contributed by atoms with Gasteiger partial charge in [0, 0.05) is 41.9 Å². The van der Waals surface area contributed by atoms with Gasteiger partial charge in [0.25, 0.3) is 5.91 Å².